The van der Waals surface area contributed by atoms with E-state index < -0.39 is 0 Å². The first-order chi connectivity index (χ1) is 9.70. The van der Waals surface area contributed by atoms with E-state index in [1.807, 2.05) is 30.3 Å². The number of piperidine rings is 1. The third kappa shape index (κ3) is 4.12. The van der Waals surface area contributed by atoms with Crippen molar-refractivity contribution in [3.8, 4) is 0 Å². The minimum Gasteiger partial charge on any atom is -0.325 e. The van der Waals surface area contributed by atoms with Crippen LogP contribution in [0.2, 0.25) is 0 Å². The molecule has 1 amide bonds. The SMILES string of the molecule is C=CCSc1ccccc1NC(=O)C1CCNC(C)C1. The Balaban J connectivity index is 2.01. The zero-order valence-electron chi connectivity index (χ0n) is 11.9. The second-order valence-corrected chi connectivity index (χ2v) is 6.22. The predicted octanol–water partition coefficient (Wildman–Crippen LogP) is 3.29. The summed E-state index contributed by atoms with van der Waals surface area (Å²) in [5.41, 5.74) is 0.913. The highest BCUT2D eigenvalue weighted by Crippen LogP contribution is 2.28. The topological polar surface area (TPSA) is 41.1 Å². The van der Waals surface area contributed by atoms with Crippen molar-refractivity contribution in [1.82, 2.24) is 5.32 Å². The monoisotopic (exact) mass is 290 g/mol. The highest BCUT2D eigenvalue weighted by Gasteiger charge is 2.25. The number of rotatable bonds is 5. The summed E-state index contributed by atoms with van der Waals surface area (Å²) in [7, 11) is 0. The number of carbonyl (C=O) groups is 1. The van der Waals surface area contributed by atoms with E-state index in [1.54, 1.807) is 11.8 Å². The fourth-order valence-corrected chi connectivity index (χ4v) is 3.20. The predicted molar refractivity (Wildman–Crippen MR) is 86.2 cm³/mol. The lowest BCUT2D eigenvalue weighted by Crippen LogP contribution is -2.40. The Labute approximate surface area is 125 Å². The Morgan fingerprint density at radius 2 is 2.35 bits per heavy atom. The van der Waals surface area contributed by atoms with Crippen LogP contribution in [-0.4, -0.2) is 24.2 Å². The lowest BCUT2D eigenvalue weighted by atomic mass is 9.92. The number of anilines is 1. The molecule has 1 aromatic carbocycles. The van der Waals surface area contributed by atoms with Gasteiger partial charge in [-0.25, -0.2) is 0 Å². The molecule has 1 saturated heterocycles. The Morgan fingerprint density at radius 3 is 3.10 bits per heavy atom. The molecule has 0 saturated carbocycles. The maximum absolute atomic E-state index is 12.4. The van der Waals surface area contributed by atoms with E-state index in [0.717, 1.165) is 35.7 Å². The number of para-hydroxylation sites is 1. The second-order valence-electron chi connectivity index (χ2n) is 5.16. The van der Waals surface area contributed by atoms with Crippen molar-refractivity contribution in [3.63, 3.8) is 0 Å². The van der Waals surface area contributed by atoms with Crippen LogP contribution in [0.25, 0.3) is 0 Å². The molecule has 0 spiro atoms. The molecule has 0 radical (unpaired) electrons. The minimum atomic E-state index is 0.115. The van der Waals surface area contributed by atoms with E-state index >= 15 is 0 Å². The van der Waals surface area contributed by atoms with Crippen LogP contribution in [0.15, 0.2) is 41.8 Å². The zero-order chi connectivity index (χ0) is 14.4. The van der Waals surface area contributed by atoms with Crippen LogP contribution in [-0.2, 0) is 4.79 Å². The van der Waals surface area contributed by atoms with Crippen LogP contribution in [0.5, 0.6) is 0 Å². The summed E-state index contributed by atoms with van der Waals surface area (Å²) in [6.07, 6.45) is 3.70. The fourth-order valence-electron chi connectivity index (χ4n) is 2.45. The number of carbonyl (C=O) groups excluding carboxylic acids is 1. The van der Waals surface area contributed by atoms with Gasteiger partial charge in [0.05, 0.1) is 5.69 Å². The molecule has 108 valence electrons. The smallest absolute Gasteiger partial charge is 0.227 e. The van der Waals surface area contributed by atoms with E-state index in [4.69, 9.17) is 0 Å². The van der Waals surface area contributed by atoms with Gasteiger partial charge in [-0.05, 0) is 38.4 Å². The first-order valence-electron chi connectivity index (χ1n) is 7.07. The minimum absolute atomic E-state index is 0.115. The lowest BCUT2D eigenvalue weighted by Gasteiger charge is -2.27. The molecule has 1 aliphatic rings. The van der Waals surface area contributed by atoms with Gasteiger partial charge in [-0.3, -0.25) is 4.79 Å². The van der Waals surface area contributed by atoms with Crippen LogP contribution >= 0.6 is 11.8 Å². The highest BCUT2D eigenvalue weighted by molar-refractivity contribution is 7.99. The summed E-state index contributed by atoms with van der Waals surface area (Å²) in [4.78, 5) is 13.5. The van der Waals surface area contributed by atoms with Crippen molar-refractivity contribution >= 4 is 23.4 Å². The van der Waals surface area contributed by atoms with E-state index in [2.05, 4.69) is 24.1 Å². The summed E-state index contributed by atoms with van der Waals surface area (Å²) in [6, 6.07) is 8.37. The molecule has 2 rings (SSSR count). The summed E-state index contributed by atoms with van der Waals surface area (Å²) >= 11 is 1.69. The standard InChI is InChI=1S/C16H22N2OS/c1-3-10-20-15-7-5-4-6-14(15)18-16(19)13-8-9-17-12(2)11-13/h3-7,12-13,17H,1,8-11H2,2H3,(H,18,19). The van der Waals surface area contributed by atoms with Crippen LogP contribution < -0.4 is 10.6 Å². The normalized spacial score (nSPS) is 22.2. The van der Waals surface area contributed by atoms with Crippen molar-refractivity contribution in [2.24, 2.45) is 5.92 Å². The molecule has 0 aliphatic carbocycles. The van der Waals surface area contributed by atoms with Crippen molar-refractivity contribution in [2.75, 3.05) is 17.6 Å². The molecule has 1 aromatic rings. The first kappa shape index (κ1) is 15.1. The quantitative estimate of drug-likeness (QED) is 0.646. The number of thioether (sulfide) groups is 1. The molecule has 2 atom stereocenters. The highest BCUT2D eigenvalue weighted by atomic mass is 32.2. The first-order valence-corrected chi connectivity index (χ1v) is 8.06. The zero-order valence-corrected chi connectivity index (χ0v) is 12.7. The van der Waals surface area contributed by atoms with Crippen molar-refractivity contribution in [1.29, 1.82) is 0 Å². The summed E-state index contributed by atoms with van der Waals surface area (Å²) in [6.45, 7) is 6.79. The van der Waals surface area contributed by atoms with E-state index in [9.17, 15) is 4.79 Å². The average Bonchev–Trinajstić information content (AvgIpc) is 2.46. The van der Waals surface area contributed by atoms with E-state index in [0.29, 0.717) is 6.04 Å². The van der Waals surface area contributed by atoms with Gasteiger partial charge >= 0.3 is 0 Å². The van der Waals surface area contributed by atoms with Gasteiger partial charge in [0.15, 0.2) is 0 Å². The Bertz CT molecular complexity index is 475. The van der Waals surface area contributed by atoms with Gasteiger partial charge in [-0.1, -0.05) is 18.2 Å². The Hall–Kier alpha value is -1.26. The fraction of sp³-hybridized carbons (Fsp3) is 0.438. The van der Waals surface area contributed by atoms with Crippen LogP contribution in [0.3, 0.4) is 0 Å². The summed E-state index contributed by atoms with van der Waals surface area (Å²) < 4.78 is 0. The molecule has 0 aromatic heterocycles. The number of amides is 1. The molecule has 1 fully saturated rings. The molecular formula is C16H22N2OS. The van der Waals surface area contributed by atoms with Gasteiger partial charge < -0.3 is 10.6 Å². The maximum atomic E-state index is 12.4. The van der Waals surface area contributed by atoms with Crippen LogP contribution in [0.4, 0.5) is 5.69 Å². The Morgan fingerprint density at radius 1 is 1.55 bits per heavy atom. The second kappa shape index (κ2) is 7.50. The Kier molecular flexibility index (Phi) is 5.68. The number of benzene rings is 1. The molecule has 2 unspecified atom stereocenters. The summed E-state index contributed by atoms with van der Waals surface area (Å²) in [5, 5.41) is 6.46. The van der Waals surface area contributed by atoms with E-state index in [1.165, 1.54) is 0 Å². The number of hydrogen-bond acceptors (Lipinski definition) is 3. The third-order valence-electron chi connectivity index (χ3n) is 3.50. The average molecular weight is 290 g/mol. The molecule has 3 nitrogen and oxygen atoms in total. The van der Waals surface area contributed by atoms with Gasteiger partial charge in [0, 0.05) is 22.6 Å². The van der Waals surface area contributed by atoms with Gasteiger partial charge in [-0.15, -0.1) is 18.3 Å². The third-order valence-corrected chi connectivity index (χ3v) is 4.57. The molecular weight excluding hydrogens is 268 g/mol. The van der Waals surface area contributed by atoms with Crippen molar-refractivity contribution < 1.29 is 4.79 Å². The van der Waals surface area contributed by atoms with Crippen molar-refractivity contribution in [3.05, 3.63) is 36.9 Å². The molecule has 4 heteroatoms. The molecule has 0 bridgehead atoms. The largest absolute Gasteiger partial charge is 0.325 e. The van der Waals surface area contributed by atoms with Crippen molar-refractivity contribution in [2.45, 2.75) is 30.7 Å². The van der Waals surface area contributed by atoms with Gasteiger partial charge in [-0.2, -0.15) is 0 Å². The summed E-state index contributed by atoms with van der Waals surface area (Å²) in [5.74, 6) is 1.10. The van der Waals surface area contributed by atoms with Gasteiger partial charge in [0.25, 0.3) is 0 Å². The van der Waals surface area contributed by atoms with Gasteiger partial charge in [0.1, 0.15) is 0 Å². The number of hydrogen-bond donors (Lipinski definition) is 2. The molecule has 2 N–H and O–H groups in total. The molecule has 1 aliphatic heterocycles. The molecule has 20 heavy (non-hydrogen) atoms. The van der Waals surface area contributed by atoms with E-state index in [-0.39, 0.29) is 11.8 Å². The van der Waals surface area contributed by atoms with Crippen LogP contribution in [0, 0.1) is 5.92 Å². The van der Waals surface area contributed by atoms with Crippen LogP contribution in [0.1, 0.15) is 19.8 Å². The maximum Gasteiger partial charge on any atom is 0.227 e. The van der Waals surface area contributed by atoms with Gasteiger partial charge in [0.2, 0.25) is 5.91 Å². The lowest BCUT2D eigenvalue weighted by molar-refractivity contribution is -0.120. The molecule has 1 heterocycles. The number of nitrogens with one attached hydrogen (secondary N) is 2.